The van der Waals surface area contributed by atoms with Crippen LogP contribution >= 0.6 is 0 Å². The minimum Gasteiger partial charge on any atom is -0.470 e. The third-order valence-corrected chi connectivity index (χ3v) is 6.08. The van der Waals surface area contributed by atoms with Gasteiger partial charge in [-0.1, -0.05) is 0 Å². The molecule has 2 aliphatic rings. The highest BCUT2D eigenvalue weighted by molar-refractivity contribution is 7.88. The first-order valence-electron chi connectivity index (χ1n) is 8.50. The Morgan fingerprint density at radius 2 is 1.92 bits per heavy atom. The predicted octanol–water partition coefficient (Wildman–Crippen LogP) is -0.000420. The van der Waals surface area contributed by atoms with Crippen LogP contribution in [-0.2, 0) is 14.8 Å². The van der Waals surface area contributed by atoms with Gasteiger partial charge in [0.1, 0.15) is 12.2 Å². The van der Waals surface area contributed by atoms with Crippen LogP contribution in [0.4, 0.5) is 0 Å². The van der Waals surface area contributed by atoms with Gasteiger partial charge >= 0.3 is 0 Å². The second kappa shape index (κ2) is 7.55. The van der Waals surface area contributed by atoms with E-state index in [1.165, 1.54) is 23.0 Å². The zero-order valence-corrected chi connectivity index (χ0v) is 15.4. The molecule has 1 aromatic heterocycles. The standard InChI is InChI=1S/C16H21N5O4S/c1-26(23,24)21-8-2-12(3-9-21)16(22)20-7-4-13(11-20)25-15-14(10-17)18-5-6-19-15/h5-6,12-13H,2-4,7-9,11H2,1H3. The zero-order valence-electron chi connectivity index (χ0n) is 14.5. The molecule has 2 saturated heterocycles. The summed E-state index contributed by atoms with van der Waals surface area (Å²) in [7, 11) is -3.19. The second-order valence-electron chi connectivity index (χ2n) is 6.57. The number of aromatic nitrogens is 2. The van der Waals surface area contributed by atoms with E-state index in [4.69, 9.17) is 10.00 Å². The third kappa shape index (κ3) is 4.11. The maximum absolute atomic E-state index is 12.7. The molecule has 0 spiro atoms. The lowest BCUT2D eigenvalue weighted by atomic mass is 9.97. The van der Waals surface area contributed by atoms with E-state index >= 15 is 0 Å². The summed E-state index contributed by atoms with van der Waals surface area (Å²) in [5, 5.41) is 9.04. The van der Waals surface area contributed by atoms with E-state index < -0.39 is 10.0 Å². The van der Waals surface area contributed by atoms with Crippen molar-refractivity contribution in [3.05, 3.63) is 18.1 Å². The van der Waals surface area contributed by atoms with Crippen molar-refractivity contribution in [3.8, 4) is 11.9 Å². The molecule has 0 N–H and O–H groups in total. The van der Waals surface area contributed by atoms with E-state index in [1.807, 2.05) is 6.07 Å². The number of rotatable bonds is 4. The van der Waals surface area contributed by atoms with E-state index in [0.717, 1.165) is 0 Å². The molecule has 0 saturated carbocycles. The van der Waals surface area contributed by atoms with E-state index in [-0.39, 0.29) is 29.5 Å². The van der Waals surface area contributed by atoms with Crippen molar-refractivity contribution in [1.29, 1.82) is 5.26 Å². The molecule has 1 atom stereocenters. The van der Waals surface area contributed by atoms with Crippen molar-refractivity contribution < 1.29 is 17.9 Å². The van der Waals surface area contributed by atoms with Crippen molar-refractivity contribution >= 4 is 15.9 Å². The van der Waals surface area contributed by atoms with E-state index in [1.54, 1.807) is 4.90 Å². The fourth-order valence-electron chi connectivity index (χ4n) is 3.36. The summed E-state index contributed by atoms with van der Waals surface area (Å²) in [6.07, 6.45) is 5.60. The van der Waals surface area contributed by atoms with Gasteiger partial charge in [0, 0.05) is 44.4 Å². The number of carbonyl (C=O) groups excluding carboxylic acids is 1. The van der Waals surface area contributed by atoms with Crippen LogP contribution in [0.25, 0.3) is 0 Å². The Bertz CT molecular complexity index is 814. The monoisotopic (exact) mass is 379 g/mol. The van der Waals surface area contributed by atoms with Crippen LogP contribution in [0.3, 0.4) is 0 Å². The molecular weight excluding hydrogens is 358 g/mol. The van der Waals surface area contributed by atoms with Crippen molar-refractivity contribution in [2.24, 2.45) is 5.92 Å². The molecule has 0 aliphatic carbocycles. The third-order valence-electron chi connectivity index (χ3n) is 4.78. The van der Waals surface area contributed by atoms with Crippen LogP contribution in [0, 0.1) is 17.2 Å². The molecule has 0 radical (unpaired) electrons. The number of hydrogen-bond donors (Lipinski definition) is 0. The molecule has 3 heterocycles. The minimum atomic E-state index is -3.19. The Morgan fingerprint density at radius 1 is 1.23 bits per heavy atom. The lowest BCUT2D eigenvalue weighted by molar-refractivity contribution is -0.135. The molecule has 0 aromatic carbocycles. The summed E-state index contributed by atoms with van der Waals surface area (Å²) in [5.41, 5.74) is 0.130. The molecule has 10 heteroatoms. The minimum absolute atomic E-state index is 0.0453. The molecule has 140 valence electrons. The highest BCUT2D eigenvalue weighted by Crippen LogP contribution is 2.25. The van der Waals surface area contributed by atoms with Gasteiger partial charge in [0.2, 0.25) is 21.6 Å². The molecule has 3 rings (SSSR count). The maximum Gasteiger partial charge on any atom is 0.251 e. The lowest BCUT2D eigenvalue weighted by Gasteiger charge is -2.31. The molecule has 2 fully saturated rings. The Labute approximate surface area is 152 Å². The number of sulfonamides is 1. The van der Waals surface area contributed by atoms with Gasteiger partial charge in [-0.25, -0.2) is 22.7 Å². The van der Waals surface area contributed by atoms with Gasteiger partial charge in [0.05, 0.1) is 12.8 Å². The fourth-order valence-corrected chi connectivity index (χ4v) is 4.24. The SMILES string of the molecule is CS(=O)(=O)N1CCC(C(=O)N2CCC(Oc3nccnc3C#N)C2)CC1. The quantitative estimate of drug-likeness (QED) is 0.723. The number of amides is 1. The molecule has 9 nitrogen and oxygen atoms in total. The number of hydrogen-bond acceptors (Lipinski definition) is 7. The van der Waals surface area contributed by atoms with Crippen LogP contribution < -0.4 is 4.74 Å². The summed E-state index contributed by atoms with van der Waals surface area (Å²) in [6, 6.07) is 1.94. The van der Waals surface area contributed by atoms with Gasteiger partial charge < -0.3 is 9.64 Å². The fraction of sp³-hybridized carbons (Fsp3) is 0.625. The molecule has 1 unspecified atom stereocenters. The molecule has 1 aromatic rings. The predicted molar refractivity (Wildman–Crippen MR) is 91.5 cm³/mol. The normalized spacial score (nSPS) is 22.2. The van der Waals surface area contributed by atoms with Crippen LogP contribution in [0.5, 0.6) is 5.88 Å². The molecule has 26 heavy (non-hydrogen) atoms. The van der Waals surface area contributed by atoms with Crippen molar-refractivity contribution in [2.75, 3.05) is 32.4 Å². The maximum atomic E-state index is 12.7. The molecule has 2 aliphatic heterocycles. The number of piperidine rings is 1. The van der Waals surface area contributed by atoms with E-state index in [2.05, 4.69) is 9.97 Å². The summed E-state index contributed by atoms with van der Waals surface area (Å²) < 4.78 is 30.3. The summed E-state index contributed by atoms with van der Waals surface area (Å²) in [4.78, 5) is 22.4. The van der Waals surface area contributed by atoms with Gasteiger partial charge in [-0.3, -0.25) is 4.79 Å². The number of nitriles is 1. The van der Waals surface area contributed by atoms with Gasteiger partial charge in [-0.05, 0) is 12.8 Å². The van der Waals surface area contributed by atoms with Crippen LogP contribution in [0.1, 0.15) is 25.0 Å². The van der Waals surface area contributed by atoms with Gasteiger partial charge in [-0.2, -0.15) is 5.26 Å². The number of carbonyl (C=O) groups is 1. The Morgan fingerprint density at radius 3 is 2.58 bits per heavy atom. The number of nitrogens with zero attached hydrogens (tertiary/aromatic N) is 5. The first-order chi connectivity index (χ1) is 12.4. The lowest BCUT2D eigenvalue weighted by Crippen LogP contribution is -2.43. The summed E-state index contributed by atoms with van der Waals surface area (Å²) in [6.45, 7) is 1.78. The van der Waals surface area contributed by atoms with Crippen molar-refractivity contribution in [2.45, 2.75) is 25.4 Å². The summed E-state index contributed by atoms with van der Waals surface area (Å²) >= 11 is 0. The van der Waals surface area contributed by atoms with Crippen molar-refractivity contribution in [1.82, 2.24) is 19.2 Å². The summed E-state index contributed by atoms with van der Waals surface area (Å²) in [5.74, 6) is 0.0811. The largest absolute Gasteiger partial charge is 0.470 e. The smallest absolute Gasteiger partial charge is 0.251 e. The average molecular weight is 379 g/mol. The Balaban J connectivity index is 1.54. The second-order valence-corrected chi connectivity index (χ2v) is 8.55. The Hall–Kier alpha value is -2.25. The highest BCUT2D eigenvalue weighted by atomic mass is 32.2. The van der Waals surface area contributed by atoms with Crippen LogP contribution in [0.15, 0.2) is 12.4 Å². The van der Waals surface area contributed by atoms with Crippen LogP contribution in [-0.4, -0.2) is 72.0 Å². The topological polar surface area (TPSA) is 116 Å². The van der Waals surface area contributed by atoms with Crippen molar-refractivity contribution in [3.63, 3.8) is 0 Å². The van der Waals surface area contributed by atoms with Crippen LogP contribution in [0.2, 0.25) is 0 Å². The number of ether oxygens (including phenoxy) is 1. The van der Waals surface area contributed by atoms with Gasteiger partial charge in [-0.15, -0.1) is 0 Å². The highest BCUT2D eigenvalue weighted by Gasteiger charge is 2.35. The molecular formula is C16H21N5O4S. The molecule has 1 amide bonds. The Kier molecular flexibility index (Phi) is 5.38. The number of likely N-dealkylation sites (tertiary alicyclic amines) is 1. The average Bonchev–Trinajstić information content (AvgIpc) is 3.09. The van der Waals surface area contributed by atoms with Gasteiger partial charge in [0.15, 0.2) is 0 Å². The first kappa shape index (κ1) is 18.5. The van der Waals surface area contributed by atoms with Gasteiger partial charge in [0.25, 0.3) is 5.88 Å². The van der Waals surface area contributed by atoms with E-state index in [0.29, 0.717) is 45.4 Å². The zero-order chi connectivity index (χ0) is 18.7. The van der Waals surface area contributed by atoms with E-state index in [9.17, 15) is 13.2 Å². The first-order valence-corrected chi connectivity index (χ1v) is 10.3. The molecule has 0 bridgehead atoms.